The summed E-state index contributed by atoms with van der Waals surface area (Å²) in [5.74, 6) is 0.825. The highest BCUT2D eigenvalue weighted by Crippen LogP contribution is 2.08. The molecule has 0 aliphatic heterocycles. The van der Waals surface area contributed by atoms with Crippen LogP contribution in [-0.4, -0.2) is 28.9 Å². The quantitative estimate of drug-likeness (QED) is 0.826. The highest BCUT2D eigenvalue weighted by molar-refractivity contribution is 7.98. The minimum atomic E-state index is -0.0924. The average molecular weight is 259 g/mol. The second kappa shape index (κ2) is 6.76. The minimum Gasteiger partial charge on any atom is -0.348 e. The molecule has 5 heteroatoms. The predicted octanol–water partition coefficient (Wildman–Crippen LogP) is 2.61. The normalized spacial score (nSPS) is 12.2. The molecular weight excluding hydrogens is 244 g/mol. The molecule has 1 aromatic rings. The van der Waals surface area contributed by atoms with Crippen LogP contribution in [0.3, 0.4) is 0 Å². The first-order valence-electron chi connectivity index (χ1n) is 5.08. The van der Waals surface area contributed by atoms with Crippen molar-refractivity contribution in [3.05, 3.63) is 29.0 Å². The van der Waals surface area contributed by atoms with Crippen molar-refractivity contribution in [2.45, 2.75) is 19.4 Å². The molecule has 1 N–H and O–H groups in total. The number of hydrogen-bond acceptors (Lipinski definition) is 3. The number of thioether (sulfide) groups is 1. The van der Waals surface area contributed by atoms with E-state index in [4.69, 9.17) is 11.6 Å². The van der Waals surface area contributed by atoms with E-state index in [0.29, 0.717) is 10.7 Å². The van der Waals surface area contributed by atoms with Gasteiger partial charge >= 0.3 is 0 Å². The van der Waals surface area contributed by atoms with E-state index in [-0.39, 0.29) is 11.9 Å². The Balaban J connectivity index is 2.64. The zero-order chi connectivity index (χ0) is 12.0. The molecule has 1 heterocycles. The lowest BCUT2D eigenvalue weighted by atomic mass is 10.2. The van der Waals surface area contributed by atoms with Gasteiger partial charge < -0.3 is 5.32 Å². The summed E-state index contributed by atoms with van der Waals surface area (Å²) in [6.07, 6.45) is 4.48. The number of pyridine rings is 1. The SMILES string of the molecule is CCC(CSC)NC(=O)c1ccnc(Cl)c1. The largest absolute Gasteiger partial charge is 0.348 e. The maximum Gasteiger partial charge on any atom is 0.251 e. The van der Waals surface area contributed by atoms with Gasteiger partial charge in [0.15, 0.2) is 0 Å². The van der Waals surface area contributed by atoms with E-state index in [1.807, 2.05) is 6.26 Å². The number of nitrogens with zero attached hydrogens (tertiary/aromatic N) is 1. The first-order valence-corrected chi connectivity index (χ1v) is 6.86. The Hall–Kier alpha value is -0.740. The summed E-state index contributed by atoms with van der Waals surface area (Å²) in [4.78, 5) is 15.7. The van der Waals surface area contributed by atoms with Crippen LogP contribution in [0.15, 0.2) is 18.3 Å². The van der Waals surface area contributed by atoms with Crippen LogP contribution in [0.25, 0.3) is 0 Å². The van der Waals surface area contributed by atoms with E-state index in [0.717, 1.165) is 12.2 Å². The third-order valence-corrected chi connectivity index (χ3v) is 3.13. The van der Waals surface area contributed by atoms with Crippen LogP contribution < -0.4 is 5.32 Å². The number of hydrogen-bond donors (Lipinski definition) is 1. The molecule has 0 spiro atoms. The molecule has 0 saturated heterocycles. The van der Waals surface area contributed by atoms with E-state index >= 15 is 0 Å². The number of nitrogens with one attached hydrogen (secondary N) is 1. The van der Waals surface area contributed by atoms with Crippen molar-refractivity contribution in [1.29, 1.82) is 0 Å². The van der Waals surface area contributed by atoms with Gasteiger partial charge in [0.25, 0.3) is 5.91 Å². The number of rotatable bonds is 5. The van der Waals surface area contributed by atoms with Crippen LogP contribution in [-0.2, 0) is 0 Å². The number of halogens is 1. The lowest BCUT2D eigenvalue weighted by Gasteiger charge is -2.15. The fourth-order valence-corrected chi connectivity index (χ4v) is 2.17. The van der Waals surface area contributed by atoms with Crippen LogP contribution in [0.1, 0.15) is 23.7 Å². The predicted molar refractivity (Wildman–Crippen MR) is 69.2 cm³/mol. The second-order valence-corrected chi connectivity index (χ2v) is 4.70. The molecule has 0 fully saturated rings. The molecular formula is C11H15ClN2OS. The third kappa shape index (κ3) is 4.02. The summed E-state index contributed by atoms with van der Waals surface area (Å²) in [7, 11) is 0. The van der Waals surface area contributed by atoms with Crippen LogP contribution >= 0.6 is 23.4 Å². The maximum absolute atomic E-state index is 11.8. The van der Waals surface area contributed by atoms with Crippen LogP contribution in [0.5, 0.6) is 0 Å². The van der Waals surface area contributed by atoms with Crippen molar-refractivity contribution in [3.63, 3.8) is 0 Å². The highest BCUT2D eigenvalue weighted by atomic mass is 35.5. The van der Waals surface area contributed by atoms with Gasteiger partial charge in [-0.05, 0) is 24.8 Å². The molecule has 1 amide bonds. The highest BCUT2D eigenvalue weighted by Gasteiger charge is 2.11. The maximum atomic E-state index is 11.8. The lowest BCUT2D eigenvalue weighted by Crippen LogP contribution is -2.36. The molecule has 88 valence electrons. The summed E-state index contributed by atoms with van der Waals surface area (Å²) in [6, 6.07) is 3.44. The molecule has 0 aliphatic rings. The Morgan fingerprint density at radius 2 is 2.44 bits per heavy atom. The Morgan fingerprint density at radius 3 is 3.00 bits per heavy atom. The molecule has 1 atom stereocenters. The van der Waals surface area contributed by atoms with E-state index in [1.165, 1.54) is 6.20 Å². The van der Waals surface area contributed by atoms with Crippen LogP contribution in [0.2, 0.25) is 5.15 Å². The van der Waals surface area contributed by atoms with Gasteiger partial charge in [0.2, 0.25) is 0 Å². The fraction of sp³-hybridized carbons (Fsp3) is 0.455. The molecule has 0 bridgehead atoms. The van der Waals surface area contributed by atoms with Gasteiger partial charge in [-0.2, -0.15) is 11.8 Å². The molecule has 0 aromatic carbocycles. The number of carbonyl (C=O) groups excluding carboxylic acids is 1. The van der Waals surface area contributed by atoms with E-state index in [9.17, 15) is 4.79 Å². The Morgan fingerprint density at radius 1 is 1.69 bits per heavy atom. The Kier molecular flexibility index (Phi) is 5.63. The first-order chi connectivity index (χ1) is 7.67. The Bertz CT molecular complexity index is 360. The smallest absolute Gasteiger partial charge is 0.251 e. The molecule has 0 radical (unpaired) electrons. The van der Waals surface area contributed by atoms with Crippen LogP contribution in [0.4, 0.5) is 0 Å². The van der Waals surface area contributed by atoms with Gasteiger partial charge in [0, 0.05) is 23.6 Å². The first kappa shape index (κ1) is 13.3. The van der Waals surface area contributed by atoms with Crippen molar-refractivity contribution in [2.24, 2.45) is 0 Å². The molecule has 1 rings (SSSR count). The summed E-state index contributed by atoms with van der Waals surface area (Å²) < 4.78 is 0. The van der Waals surface area contributed by atoms with Crippen LogP contribution in [0, 0.1) is 0 Å². The number of amides is 1. The van der Waals surface area contributed by atoms with Crippen molar-refractivity contribution < 1.29 is 4.79 Å². The topological polar surface area (TPSA) is 42.0 Å². The van der Waals surface area contributed by atoms with Crippen molar-refractivity contribution >= 4 is 29.3 Å². The van der Waals surface area contributed by atoms with E-state index in [1.54, 1.807) is 23.9 Å². The van der Waals surface area contributed by atoms with Crippen molar-refractivity contribution in [3.8, 4) is 0 Å². The second-order valence-electron chi connectivity index (χ2n) is 3.40. The zero-order valence-electron chi connectivity index (χ0n) is 9.37. The zero-order valence-corrected chi connectivity index (χ0v) is 10.9. The Labute approximate surface area is 105 Å². The number of carbonyl (C=O) groups is 1. The van der Waals surface area contributed by atoms with Gasteiger partial charge in [-0.25, -0.2) is 4.98 Å². The molecule has 1 unspecified atom stereocenters. The summed E-state index contributed by atoms with van der Waals surface area (Å²) in [5, 5.41) is 3.30. The molecule has 16 heavy (non-hydrogen) atoms. The van der Waals surface area contributed by atoms with Gasteiger partial charge in [-0.15, -0.1) is 0 Å². The molecule has 1 aromatic heterocycles. The van der Waals surface area contributed by atoms with Gasteiger partial charge in [0.05, 0.1) is 0 Å². The third-order valence-electron chi connectivity index (χ3n) is 2.18. The van der Waals surface area contributed by atoms with Gasteiger partial charge in [-0.3, -0.25) is 4.79 Å². The van der Waals surface area contributed by atoms with Gasteiger partial charge in [0.1, 0.15) is 5.15 Å². The van der Waals surface area contributed by atoms with Gasteiger partial charge in [-0.1, -0.05) is 18.5 Å². The van der Waals surface area contributed by atoms with E-state index in [2.05, 4.69) is 17.2 Å². The standard InChI is InChI=1S/C11H15ClN2OS/c1-3-9(7-16-2)14-11(15)8-4-5-13-10(12)6-8/h4-6,9H,3,7H2,1-2H3,(H,14,15). The number of aromatic nitrogens is 1. The lowest BCUT2D eigenvalue weighted by molar-refractivity contribution is 0.0940. The molecule has 3 nitrogen and oxygen atoms in total. The fourth-order valence-electron chi connectivity index (χ4n) is 1.28. The van der Waals surface area contributed by atoms with Crippen molar-refractivity contribution in [2.75, 3.05) is 12.0 Å². The summed E-state index contributed by atoms with van der Waals surface area (Å²) in [5.41, 5.74) is 0.555. The average Bonchev–Trinajstić information content (AvgIpc) is 2.28. The summed E-state index contributed by atoms with van der Waals surface area (Å²) in [6.45, 7) is 2.06. The molecule has 0 aliphatic carbocycles. The molecule has 0 saturated carbocycles. The minimum absolute atomic E-state index is 0.0924. The monoisotopic (exact) mass is 258 g/mol. The summed E-state index contributed by atoms with van der Waals surface area (Å²) >= 11 is 7.45. The van der Waals surface area contributed by atoms with E-state index < -0.39 is 0 Å². The van der Waals surface area contributed by atoms with Crippen molar-refractivity contribution in [1.82, 2.24) is 10.3 Å².